The number of sulfone groups is 1. The summed E-state index contributed by atoms with van der Waals surface area (Å²) in [6.07, 6.45) is -3.70. The average molecular weight is 577 g/mol. The first-order chi connectivity index (χ1) is 16.9. The molecule has 0 radical (unpaired) electrons. The summed E-state index contributed by atoms with van der Waals surface area (Å²) >= 11 is 1.23. The minimum Gasteiger partial charge on any atom is -0.349 e. The lowest BCUT2D eigenvalue weighted by molar-refractivity contribution is -0.140. The van der Waals surface area contributed by atoms with Gasteiger partial charge in [0.2, 0.25) is 15.9 Å². The molecular weight excluding hydrogens is 549 g/mol. The number of alkyl halides is 3. The summed E-state index contributed by atoms with van der Waals surface area (Å²) in [7, 11) is -3.11. The van der Waals surface area contributed by atoms with E-state index in [-0.39, 0.29) is 17.3 Å². The molecule has 1 amide bonds. The fourth-order valence-corrected chi connectivity index (χ4v) is 6.06. The second-order valence-electron chi connectivity index (χ2n) is 8.23. The second-order valence-corrected chi connectivity index (χ2v) is 13.4. The lowest BCUT2D eigenvalue weighted by Gasteiger charge is -2.19. The van der Waals surface area contributed by atoms with Crippen LogP contribution >= 0.6 is 11.3 Å². The fraction of sp³-hybridized carbons (Fsp3) is 0.292. The van der Waals surface area contributed by atoms with Gasteiger partial charge < -0.3 is 4.90 Å². The molecule has 3 aromatic rings. The zero-order valence-electron chi connectivity index (χ0n) is 20.8. The number of benzene rings is 2. The van der Waals surface area contributed by atoms with Gasteiger partial charge in [-0.25, -0.2) is 16.8 Å². The van der Waals surface area contributed by atoms with E-state index in [1.165, 1.54) is 48.4 Å². The topological polar surface area (TPSA) is 91.8 Å². The highest BCUT2D eigenvalue weighted by molar-refractivity contribution is 7.90. The van der Waals surface area contributed by atoms with Gasteiger partial charge in [-0.2, -0.15) is 17.5 Å². The Morgan fingerprint density at radius 3 is 2.05 bits per heavy atom. The molecule has 0 bridgehead atoms. The maximum atomic E-state index is 13.3. The van der Waals surface area contributed by atoms with E-state index >= 15 is 0 Å². The first kappa shape index (κ1) is 30.5. The van der Waals surface area contributed by atoms with Crippen molar-refractivity contribution in [2.45, 2.75) is 29.4 Å². The Kier molecular flexibility index (Phi) is 9.69. The minimum atomic E-state index is -4.80. The summed E-state index contributed by atoms with van der Waals surface area (Å²) in [5.41, 5.74) is -0.571. The molecule has 1 aromatic heterocycles. The first-order valence-electron chi connectivity index (χ1n) is 10.6. The highest BCUT2D eigenvalue weighted by Crippen LogP contribution is 2.36. The number of thiophene rings is 1. The van der Waals surface area contributed by atoms with Crippen molar-refractivity contribution in [3.05, 3.63) is 71.1 Å². The molecule has 202 valence electrons. The predicted octanol–water partition coefficient (Wildman–Crippen LogP) is 4.75. The molecule has 0 saturated heterocycles. The Hall–Kier alpha value is -2.74. The largest absolute Gasteiger partial charge is 0.417 e. The molecule has 7 nitrogen and oxygen atoms in total. The number of amides is 1. The number of carbonyl (C=O) groups is 1. The van der Waals surface area contributed by atoms with Gasteiger partial charge in [-0.15, -0.1) is 11.3 Å². The van der Waals surface area contributed by atoms with Crippen LogP contribution in [0.5, 0.6) is 0 Å². The Labute approximate surface area is 219 Å². The van der Waals surface area contributed by atoms with E-state index in [1.807, 2.05) is 0 Å². The van der Waals surface area contributed by atoms with E-state index in [9.17, 15) is 34.8 Å². The van der Waals surface area contributed by atoms with E-state index in [0.29, 0.717) is 15.3 Å². The van der Waals surface area contributed by atoms with Gasteiger partial charge in [0.05, 0.1) is 15.4 Å². The van der Waals surface area contributed by atoms with Gasteiger partial charge in [-0.3, -0.25) is 4.79 Å². The van der Waals surface area contributed by atoms with Crippen LogP contribution in [0.4, 0.5) is 13.2 Å². The SMILES string of the molecule is CC(=O)N(C)C.CN(Cc1ccc(-c2cccc(S(C)(=O)=O)c2)s1)S(=O)(=O)c1ccccc1C(F)(F)F. The molecule has 0 saturated carbocycles. The molecule has 37 heavy (non-hydrogen) atoms. The Bertz CT molecular complexity index is 1460. The van der Waals surface area contributed by atoms with Crippen molar-refractivity contribution < 1.29 is 34.8 Å². The lowest BCUT2D eigenvalue weighted by Crippen LogP contribution is -2.28. The number of sulfonamides is 1. The molecule has 0 fully saturated rings. The van der Waals surface area contributed by atoms with Gasteiger partial charge in [0.25, 0.3) is 0 Å². The normalized spacial score (nSPS) is 12.1. The maximum Gasteiger partial charge on any atom is 0.417 e. The summed E-state index contributed by atoms with van der Waals surface area (Å²) in [5.74, 6) is 0.0926. The first-order valence-corrected chi connectivity index (χ1v) is 14.8. The number of hydrogen-bond donors (Lipinski definition) is 0. The van der Waals surface area contributed by atoms with E-state index in [2.05, 4.69) is 0 Å². The van der Waals surface area contributed by atoms with Crippen LogP contribution in [-0.4, -0.2) is 59.3 Å². The third-order valence-corrected chi connectivity index (χ3v) is 9.19. The molecule has 0 spiro atoms. The molecule has 0 N–H and O–H groups in total. The molecule has 0 aliphatic carbocycles. The van der Waals surface area contributed by atoms with Crippen molar-refractivity contribution in [1.29, 1.82) is 0 Å². The van der Waals surface area contributed by atoms with Crippen molar-refractivity contribution in [2.24, 2.45) is 0 Å². The molecule has 13 heteroatoms. The molecule has 0 aliphatic heterocycles. The second kappa shape index (κ2) is 11.8. The van der Waals surface area contributed by atoms with Gasteiger partial charge >= 0.3 is 6.18 Å². The summed E-state index contributed by atoms with van der Waals surface area (Å²) < 4.78 is 89.7. The van der Waals surface area contributed by atoms with Crippen LogP contribution in [-0.2, 0) is 37.4 Å². The van der Waals surface area contributed by atoms with E-state index in [4.69, 9.17) is 0 Å². The van der Waals surface area contributed by atoms with Crippen molar-refractivity contribution in [2.75, 3.05) is 27.4 Å². The lowest BCUT2D eigenvalue weighted by atomic mass is 10.2. The van der Waals surface area contributed by atoms with Crippen LogP contribution in [0.2, 0.25) is 0 Å². The van der Waals surface area contributed by atoms with Crippen LogP contribution in [0.1, 0.15) is 17.4 Å². The number of hydrogen-bond acceptors (Lipinski definition) is 6. The summed E-state index contributed by atoms with van der Waals surface area (Å²) in [4.78, 5) is 12.3. The van der Waals surface area contributed by atoms with Crippen molar-refractivity contribution >= 4 is 37.1 Å². The molecule has 0 aliphatic rings. The van der Waals surface area contributed by atoms with Gasteiger partial charge in [-0.05, 0) is 42.0 Å². The van der Waals surface area contributed by atoms with Gasteiger partial charge in [-0.1, -0.05) is 24.3 Å². The molecule has 3 rings (SSSR count). The average Bonchev–Trinajstić information content (AvgIpc) is 3.27. The van der Waals surface area contributed by atoms with Gasteiger partial charge in [0.1, 0.15) is 0 Å². The number of carbonyl (C=O) groups excluding carboxylic acids is 1. The van der Waals surface area contributed by atoms with E-state index in [1.54, 1.807) is 38.4 Å². The zero-order valence-corrected chi connectivity index (χ0v) is 23.2. The van der Waals surface area contributed by atoms with Crippen molar-refractivity contribution in [3.63, 3.8) is 0 Å². The van der Waals surface area contributed by atoms with Crippen LogP contribution in [0, 0.1) is 0 Å². The van der Waals surface area contributed by atoms with Gasteiger partial charge in [0, 0.05) is 50.6 Å². The van der Waals surface area contributed by atoms with Crippen LogP contribution < -0.4 is 0 Å². The predicted molar refractivity (Wildman–Crippen MR) is 137 cm³/mol. The maximum absolute atomic E-state index is 13.3. The monoisotopic (exact) mass is 576 g/mol. The fourth-order valence-electron chi connectivity index (χ4n) is 2.90. The van der Waals surface area contributed by atoms with E-state index in [0.717, 1.165) is 28.8 Å². The summed E-state index contributed by atoms with van der Waals surface area (Å²) in [6, 6.07) is 13.8. The third kappa shape index (κ3) is 8.12. The third-order valence-electron chi connectivity index (χ3n) is 5.10. The van der Waals surface area contributed by atoms with Crippen LogP contribution in [0.25, 0.3) is 10.4 Å². The van der Waals surface area contributed by atoms with Crippen molar-refractivity contribution in [3.8, 4) is 10.4 Å². The van der Waals surface area contributed by atoms with Crippen LogP contribution in [0.3, 0.4) is 0 Å². The number of nitrogens with zero attached hydrogens (tertiary/aromatic N) is 2. The number of rotatable bonds is 6. The van der Waals surface area contributed by atoms with Crippen molar-refractivity contribution in [1.82, 2.24) is 9.21 Å². The summed E-state index contributed by atoms with van der Waals surface area (Å²) in [6.45, 7) is 1.39. The molecule has 0 atom stereocenters. The molecular formula is C24H27F3N2O5S3. The highest BCUT2D eigenvalue weighted by Gasteiger charge is 2.38. The quantitative estimate of drug-likeness (QED) is 0.422. The molecule has 2 aromatic carbocycles. The zero-order chi connectivity index (χ0) is 28.2. The van der Waals surface area contributed by atoms with Gasteiger partial charge in [0.15, 0.2) is 9.84 Å². The smallest absolute Gasteiger partial charge is 0.349 e. The Morgan fingerprint density at radius 2 is 1.51 bits per heavy atom. The number of halogens is 3. The van der Waals surface area contributed by atoms with Crippen LogP contribution in [0.15, 0.2) is 70.5 Å². The molecule has 0 unspecified atom stereocenters. The summed E-state index contributed by atoms with van der Waals surface area (Å²) in [5, 5.41) is 0. The minimum absolute atomic E-state index is 0.0926. The Morgan fingerprint density at radius 1 is 0.919 bits per heavy atom. The standard InChI is InChI=1S/C20H18F3NO4S3.C4H9NO/c1-24(31(27,28)19-9-4-3-8-17(19)20(21,22)23)13-15-10-11-18(29-15)14-6-5-7-16(12-14)30(2,25)26;1-4(6)5(2)3/h3-12H,13H2,1-2H3;1-3H3. The Balaban J connectivity index is 0.000000717. The molecule has 1 heterocycles. The highest BCUT2D eigenvalue weighted by atomic mass is 32.2. The van der Waals surface area contributed by atoms with E-state index < -0.39 is 36.5 Å².